The maximum atomic E-state index is 12.6. The van der Waals surface area contributed by atoms with Crippen LogP contribution in [0.2, 0.25) is 0 Å². The third-order valence-corrected chi connectivity index (χ3v) is 7.80. The van der Waals surface area contributed by atoms with E-state index in [2.05, 4.69) is 27.7 Å². The number of pyridine rings is 1. The number of aromatic nitrogens is 1. The highest BCUT2D eigenvalue weighted by atomic mass is 16.5. The van der Waals surface area contributed by atoms with Gasteiger partial charge in [0, 0.05) is 50.6 Å². The van der Waals surface area contributed by atoms with Crippen LogP contribution in [0.4, 0.5) is 10.6 Å². The second-order valence-electron chi connectivity index (χ2n) is 10.7. The van der Waals surface area contributed by atoms with Crippen LogP contribution in [0.1, 0.15) is 50.8 Å². The van der Waals surface area contributed by atoms with Crippen molar-refractivity contribution in [2.24, 2.45) is 0 Å². The molecule has 1 aromatic carbocycles. The van der Waals surface area contributed by atoms with Gasteiger partial charge in [0.15, 0.2) is 11.5 Å². The molecule has 12 nitrogen and oxygen atoms in total. The number of amides is 2. The smallest absolute Gasteiger partial charge is 0.326 e. The van der Waals surface area contributed by atoms with Crippen LogP contribution in [0.15, 0.2) is 24.3 Å². The zero-order chi connectivity index (χ0) is 31.9. The molecule has 0 radical (unpaired) electrons. The summed E-state index contributed by atoms with van der Waals surface area (Å²) in [7, 11) is 4.65. The van der Waals surface area contributed by atoms with Gasteiger partial charge >= 0.3 is 12.0 Å². The lowest BCUT2D eigenvalue weighted by Crippen LogP contribution is -2.49. The topological polar surface area (TPSA) is 135 Å². The first-order valence-corrected chi connectivity index (χ1v) is 15.5. The molecule has 0 aliphatic carbocycles. The molecule has 2 heterocycles. The van der Waals surface area contributed by atoms with Crippen LogP contribution in [-0.2, 0) is 17.6 Å². The number of urea groups is 1. The molecular weight excluding hydrogens is 566 g/mol. The van der Waals surface area contributed by atoms with Crippen molar-refractivity contribution in [2.45, 2.75) is 58.4 Å². The second kappa shape index (κ2) is 18.0. The molecule has 12 heteroatoms. The zero-order valence-electron chi connectivity index (χ0n) is 26.8. The first-order valence-electron chi connectivity index (χ1n) is 15.5. The van der Waals surface area contributed by atoms with E-state index in [1.807, 2.05) is 13.8 Å². The molecule has 1 aliphatic heterocycles. The molecule has 0 spiro atoms. The van der Waals surface area contributed by atoms with Crippen molar-refractivity contribution in [2.75, 3.05) is 72.5 Å². The normalized spacial score (nSPS) is 13.0. The van der Waals surface area contributed by atoms with Crippen molar-refractivity contribution in [3.8, 4) is 23.0 Å². The van der Waals surface area contributed by atoms with E-state index in [0.29, 0.717) is 55.8 Å². The van der Waals surface area contributed by atoms with Crippen LogP contribution >= 0.6 is 0 Å². The minimum Gasteiger partial charge on any atom is -0.493 e. The van der Waals surface area contributed by atoms with E-state index >= 15 is 0 Å². The number of rotatable bonds is 19. The van der Waals surface area contributed by atoms with Gasteiger partial charge in [0.05, 0.1) is 21.3 Å². The fourth-order valence-electron chi connectivity index (χ4n) is 5.24. The Labute approximate surface area is 261 Å². The van der Waals surface area contributed by atoms with E-state index < -0.39 is 12.0 Å². The largest absolute Gasteiger partial charge is 0.493 e. The number of nitrogens with one attached hydrogen (secondary N) is 2. The number of carboxylic acids is 1. The van der Waals surface area contributed by atoms with Crippen molar-refractivity contribution in [3.63, 3.8) is 0 Å². The Morgan fingerprint density at radius 2 is 1.75 bits per heavy atom. The molecule has 1 aliphatic rings. The number of methoxy groups -OCH3 is 3. The Bertz CT molecular complexity index is 1180. The number of carboxylic acid groups (broad SMARTS) is 1. The van der Waals surface area contributed by atoms with E-state index in [9.17, 15) is 14.7 Å². The third kappa shape index (κ3) is 10.1. The summed E-state index contributed by atoms with van der Waals surface area (Å²) in [6.07, 6.45) is 5.18. The fourth-order valence-corrected chi connectivity index (χ4v) is 5.24. The number of unbranched alkanes of at least 4 members (excludes halogenated alkanes) is 1. The van der Waals surface area contributed by atoms with Gasteiger partial charge in [-0.2, -0.15) is 0 Å². The van der Waals surface area contributed by atoms with Crippen LogP contribution in [-0.4, -0.2) is 105 Å². The Kier molecular flexibility index (Phi) is 14.1. The summed E-state index contributed by atoms with van der Waals surface area (Å²) < 4.78 is 22.3. The number of carbonyl (C=O) groups is 2. The predicted molar refractivity (Wildman–Crippen MR) is 170 cm³/mol. The first-order chi connectivity index (χ1) is 21.3. The van der Waals surface area contributed by atoms with Crippen LogP contribution in [0.25, 0.3) is 0 Å². The summed E-state index contributed by atoms with van der Waals surface area (Å²) in [5.41, 5.74) is 2.35. The molecule has 0 bridgehead atoms. The molecule has 1 atom stereocenters. The molecule has 0 saturated carbocycles. The van der Waals surface area contributed by atoms with Crippen molar-refractivity contribution in [1.82, 2.24) is 20.1 Å². The second-order valence-corrected chi connectivity index (χ2v) is 10.7. The number of aryl methyl sites for hydroxylation is 2. The number of hydrogen-bond acceptors (Lipinski definition) is 9. The van der Waals surface area contributed by atoms with Crippen molar-refractivity contribution in [3.05, 3.63) is 35.5 Å². The van der Waals surface area contributed by atoms with E-state index in [1.165, 1.54) is 5.56 Å². The molecule has 3 N–H and O–H groups in total. The van der Waals surface area contributed by atoms with Crippen LogP contribution in [0, 0.1) is 0 Å². The Balaban J connectivity index is 1.61. The average molecular weight is 616 g/mol. The van der Waals surface area contributed by atoms with Gasteiger partial charge in [0.2, 0.25) is 5.75 Å². The molecular formula is C32H49N5O7. The van der Waals surface area contributed by atoms with E-state index in [-0.39, 0.29) is 12.5 Å². The summed E-state index contributed by atoms with van der Waals surface area (Å²) in [6.45, 7) is 7.86. The summed E-state index contributed by atoms with van der Waals surface area (Å²) in [4.78, 5) is 33.1. The van der Waals surface area contributed by atoms with Gasteiger partial charge < -0.3 is 39.6 Å². The van der Waals surface area contributed by atoms with Gasteiger partial charge in [-0.25, -0.2) is 14.6 Å². The zero-order valence-corrected chi connectivity index (χ0v) is 26.8. The fraction of sp³-hybridized carbons (Fsp3) is 0.594. The highest BCUT2D eigenvalue weighted by Crippen LogP contribution is 2.40. The molecule has 44 heavy (non-hydrogen) atoms. The molecule has 0 saturated heterocycles. The lowest BCUT2D eigenvalue weighted by Gasteiger charge is -2.26. The average Bonchev–Trinajstić information content (AvgIpc) is 3.04. The minimum absolute atomic E-state index is 0.268. The highest BCUT2D eigenvalue weighted by molar-refractivity contribution is 5.82. The molecule has 244 valence electrons. The van der Waals surface area contributed by atoms with Crippen LogP contribution in [0.3, 0.4) is 0 Å². The van der Waals surface area contributed by atoms with Gasteiger partial charge in [-0.3, -0.25) is 4.90 Å². The molecule has 1 unspecified atom stereocenters. The predicted octanol–water partition coefficient (Wildman–Crippen LogP) is 4.06. The number of ether oxygens (including phenoxy) is 4. The summed E-state index contributed by atoms with van der Waals surface area (Å²) in [5.74, 6) is 2.01. The first kappa shape index (κ1) is 34.6. The van der Waals surface area contributed by atoms with E-state index in [4.69, 9.17) is 23.9 Å². The van der Waals surface area contributed by atoms with Crippen LogP contribution in [0.5, 0.6) is 23.0 Å². The molecule has 2 aromatic rings. The summed E-state index contributed by atoms with van der Waals surface area (Å²) in [5, 5.41) is 15.9. The van der Waals surface area contributed by atoms with E-state index in [0.717, 1.165) is 56.7 Å². The van der Waals surface area contributed by atoms with Crippen LogP contribution < -0.4 is 29.6 Å². The Morgan fingerprint density at radius 3 is 2.39 bits per heavy atom. The molecule has 1 aromatic heterocycles. The quantitative estimate of drug-likeness (QED) is 0.199. The maximum Gasteiger partial charge on any atom is 0.326 e. The van der Waals surface area contributed by atoms with Gasteiger partial charge in [-0.15, -0.1) is 0 Å². The molecule has 3 rings (SSSR count). The maximum absolute atomic E-state index is 12.6. The molecule has 0 fully saturated rings. The van der Waals surface area contributed by atoms with Crippen molar-refractivity contribution >= 4 is 17.8 Å². The number of fused-ring (bicyclic) bond motifs is 1. The highest BCUT2D eigenvalue weighted by Gasteiger charge is 2.23. The van der Waals surface area contributed by atoms with Gasteiger partial charge in [-0.05, 0) is 70.5 Å². The minimum atomic E-state index is -1.05. The number of anilines is 1. The number of hydrogen-bond donors (Lipinski definition) is 3. The number of aliphatic carboxylic acids is 1. The lowest BCUT2D eigenvalue weighted by molar-refractivity contribution is -0.139. The van der Waals surface area contributed by atoms with Crippen molar-refractivity contribution < 1.29 is 33.6 Å². The monoisotopic (exact) mass is 615 g/mol. The van der Waals surface area contributed by atoms with Gasteiger partial charge in [-0.1, -0.05) is 6.07 Å². The third-order valence-electron chi connectivity index (χ3n) is 7.80. The summed E-state index contributed by atoms with van der Waals surface area (Å²) in [6, 6.07) is 6.42. The summed E-state index contributed by atoms with van der Waals surface area (Å²) >= 11 is 0. The van der Waals surface area contributed by atoms with Gasteiger partial charge in [0.1, 0.15) is 24.2 Å². The number of nitrogens with zero attached hydrogens (tertiary/aromatic N) is 3. The van der Waals surface area contributed by atoms with Crippen molar-refractivity contribution in [1.29, 1.82) is 0 Å². The molecule has 2 amide bonds. The Hall–Kier alpha value is -3.93. The number of benzene rings is 1. The lowest BCUT2D eigenvalue weighted by atomic mass is 10.1. The van der Waals surface area contributed by atoms with E-state index in [1.54, 1.807) is 38.4 Å². The standard InChI is InChI=1S/C32H49N5O7/c1-6-37(7-2)32(40)35-26(31(38)39)15-18-36(17-9-8-12-24-14-13-23-11-10-16-33-30(23)34-24)19-20-44-25-21-27(41-3)29(43-5)28(22-25)42-4/h13-14,21-22,26H,6-12,15-20H2,1-5H3,(H,33,34)(H,35,40)(H,38,39). The number of carbonyl (C=O) groups excluding carboxylic acids is 1. The SMILES string of the molecule is CCN(CC)C(=O)NC(CCN(CCCCc1ccc2c(n1)NCCC2)CCOc1cc(OC)c(OC)c(OC)c1)C(=O)O. The Morgan fingerprint density at radius 1 is 1.02 bits per heavy atom. The van der Waals surface area contributed by atoms with Gasteiger partial charge in [0.25, 0.3) is 0 Å².